The minimum Gasteiger partial charge on any atom is -0.387 e. The molecule has 112 valence electrons. The van der Waals surface area contributed by atoms with Crippen molar-refractivity contribution in [2.45, 2.75) is 44.9 Å². The molecule has 5 nitrogen and oxygen atoms in total. The van der Waals surface area contributed by atoms with Gasteiger partial charge in [-0.05, 0) is 31.9 Å². The molecule has 1 N–H and O–H groups in total. The van der Waals surface area contributed by atoms with Gasteiger partial charge in [0.15, 0.2) is 5.82 Å². The average Bonchev–Trinajstić information content (AvgIpc) is 2.93. The van der Waals surface area contributed by atoms with Crippen molar-refractivity contribution >= 4 is 0 Å². The highest BCUT2D eigenvalue weighted by Crippen LogP contribution is 2.29. The van der Waals surface area contributed by atoms with Crippen LogP contribution in [0.1, 0.15) is 42.6 Å². The van der Waals surface area contributed by atoms with E-state index in [0.717, 1.165) is 31.4 Å². The fourth-order valence-electron chi connectivity index (χ4n) is 3.02. The third-order valence-electron chi connectivity index (χ3n) is 4.08. The average molecular weight is 287 g/mol. The van der Waals surface area contributed by atoms with Crippen LogP contribution in [-0.2, 0) is 6.54 Å². The lowest BCUT2D eigenvalue weighted by Crippen LogP contribution is -2.42. The number of hydrogen-bond acceptors (Lipinski definition) is 5. The summed E-state index contributed by atoms with van der Waals surface area (Å²) in [6.45, 7) is 3.38. The van der Waals surface area contributed by atoms with E-state index >= 15 is 0 Å². The molecule has 2 atom stereocenters. The number of nitrogens with zero attached hydrogens (tertiary/aromatic N) is 3. The summed E-state index contributed by atoms with van der Waals surface area (Å²) >= 11 is 0. The van der Waals surface area contributed by atoms with Crippen LogP contribution in [0.4, 0.5) is 0 Å². The number of aliphatic hydroxyl groups excluding tert-OH is 1. The Balaban J connectivity index is 1.75. The molecular formula is C16H21N3O2. The van der Waals surface area contributed by atoms with Crippen molar-refractivity contribution in [2.24, 2.45) is 0 Å². The van der Waals surface area contributed by atoms with Crippen LogP contribution in [0.3, 0.4) is 0 Å². The fourth-order valence-corrected chi connectivity index (χ4v) is 3.02. The van der Waals surface area contributed by atoms with E-state index in [1.807, 2.05) is 37.3 Å². The van der Waals surface area contributed by atoms with Crippen molar-refractivity contribution in [2.75, 3.05) is 6.54 Å². The van der Waals surface area contributed by atoms with Crippen molar-refractivity contribution < 1.29 is 9.63 Å². The number of aliphatic hydroxyl groups is 1. The molecule has 1 saturated heterocycles. The molecule has 0 unspecified atom stereocenters. The molecule has 0 amide bonds. The molecule has 1 aromatic heterocycles. The molecule has 1 aromatic carbocycles. The molecule has 2 aromatic rings. The number of aryl methyl sites for hydroxylation is 1. The number of benzene rings is 1. The molecule has 0 aliphatic carbocycles. The highest BCUT2D eigenvalue weighted by atomic mass is 16.5. The minimum atomic E-state index is -0.476. The van der Waals surface area contributed by atoms with Gasteiger partial charge in [0.05, 0.1) is 12.6 Å². The van der Waals surface area contributed by atoms with E-state index in [9.17, 15) is 5.11 Å². The van der Waals surface area contributed by atoms with Gasteiger partial charge in [0, 0.05) is 6.04 Å². The Hall–Kier alpha value is -1.72. The first-order valence-electron chi connectivity index (χ1n) is 7.50. The molecule has 1 aliphatic rings. The smallest absolute Gasteiger partial charge is 0.240 e. The molecule has 5 heteroatoms. The van der Waals surface area contributed by atoms with Gasteiger partial charge in [0.1, 0.15) is 0 Å². The summed E-state index contributed by atoms with van der Waals surface area (Å²) in [5.41, 5.74) is 0.969. The van der Waals surface area contributed by atoms with Gasteiger partial charge in [-0.25, -0.2) is 0 Å². The fraction of sp³-hybridized carbons (Fsp3) is 0.500. The van der Waals surface area contributed by atoms with Crippen LogP contribution in [0.25, 0.3) is 0 Å². The summed E-state index contributed by atoms with van der Waals surface area (Å²) in [6, 6.07) is 9.96. The highest BCUT2D eigenvalue weighted by Gasteiger charge is 2.30. The molecule has 21 heavy (non-hydrogen) atoms. The number of rotatable bonds is 4. The molecular weight excluding hydrogens is 266 g/mol. The topological polar surface area (TPSA) is 62.4 Å². The standard InChI is InChI=1S/C16H21N3O2/c1-12-17-15(21-18-12)11-19-10-6-5-9-14(19)16(20)13-7-3-2-4-8-13/h2-4,7-8,14,16,20H,5-6,9-11H2,1H3/t14-,16-/m1/s1. The SMILES string of the molecule is Cc1noc(CN2CCCC[C@@H]2[C@H](O)c2ccccc2)n1. The van der Waals surface area contributed by atoms with E-state index in [2.05, 4.69) is 15.0 Å². The van der Waals surface area contributed by atoms with Crippen molar-refractivity contribution in [3.8, 4) is 0 Å². The summed E-state index contributed by atoms with van der Waals surface area (Å²) in [4.78, 5) is 6.53. The maximum absolute atomic E-state index is 10.7. The summed E-state index contributed by atoms with van der Waals surface area (Å²) in [6.07, 6.45) is 2.80. The lowest BCUT2D eigenvalue weighted by atomic mass is 9.93. The Morgan fingerprint density at radius 1 is 1.33 bits per heavy atom. The second kappa shape index (κ2) is 6.37. The predicted molar refractivity (Wildman–Crippen MR) is 78.5 cm³/mol. The molecule has 1 fully saturated rings. The van der Waals surface area contributed by atoms with Gasteiger partial charge in [-0.1, -0.05) is 41.9 Å². The zero-order chi connectivity index (χ0) is 14.7. The Bertz CT molecular complexity index is 570. The third-order valence-corrected chi connectivity index (χ3v) is 4.08. The van der Waals surface area contributed by atoms with Crippen molar-refractivity contribution in [3.05, 3.63) is 47.6 Å². The van der Waals surface area contributed by atoms with E-state index in [-0.39, 0.29) is 6.04 Å². The van der Waals surface area contributed by atoms with Gasteiger partial charge in [0.2, 0.25) is 5.89 Å². The molecule has 3 rings (SSSR count). The van der Waals surface area contributed by atoms with Crippen molar-refractivity contribution in [3.63, 3.8) is 0 Å². The van der Waals surface area contributed by atoms with E-state index < -0.39 is 6.10 Å². The second-order valence-electron chi connectivity index (χ2n) is 5.62. The number of aromatic nitrogens is 2. The lowest BCUT2D eigenvalue weighted by Gasteiger charge is -2.37. The van der Waals surface area contributed by atoms with E-state index in [1.54, 1.807) is 0 Å². The zero-order valence-corrected chi connectivity index (χ0v) is 12.3. The van der Waals surface area contributed by atoms with Crippen LogP contribution in [0, 0.1) is 6.92 Å². The summed E-state index contributed by atoms with van der Waals surface area (Å²) in [5.74, 6) is 1.28. The van der Waals surface area contributed by atoms with Crippen molar-refractivity contribution in [1.82, 2.24) is 15.0 Å². The number of piperidine rings is 1. The van der Waals surface area contributed by atoms with Gasteiger partial charge in [-0.2, -0.15) is 4.98 Å². The summed E-state index contributed by atoms with van der Waals surface area (Å²) in [5, 5.41) is 14.5. The second-order valence-corrected chi connectivity index (χ2v) is 5.62. The molecule has 0 saturated carbocycles. The van der Waals surface area contributed by atoms with Crippen LogP contribution < -0.4 is 0 Å². The van der Waals surface area contributed by atoms with Crippen LogP contribution in [0.15, 0.2) is 34.9 Å². The first-order valence-corrected chi connectivity index (χ1v) is 7.50. The molecule has 1 aliphatic heterocycles. The van der Waals surface area contributed by atoms with Crippen LogP contribution >= 0.6 is 0 Å². The normalized spacial score (nSPS) is 21.3. The molecule has 0 bridgehead atoms. The van der Waals surface area contributed by atoms with Gasteiger partial charge < -0.3 is 9.63 Å². The molecule has 0 spiro atoms. The summed E-state index contributed by atoms with van der Waals surface area (Å²) < 4.78 is 5.22. The largest absolute Gasteiger partial charge is 0.387 e. The first-order chi connectivity index (χ1) is 10.2. The Kier molecular flexibility index (Phi) is 4.31. The van der Waals surface area contributed by atoms with Crippen LogP contribution in [0.5, 0.6) is 0 Å². The zero-order valence-electron chi connectivity index (χ0n) is 12.3. The van der Waals surface area contributed by atoms with Gasteiger partial charge in [0.25, 0.3) is 0 Å². The van der Waals surface area contributed by atoms with Crippen LogP contribution in [0.2, 0.25) is 0 Å². The number of likely N-dealkylation sites (tertiary alicyclic amines) is 1. The van der Waals surface area contributed by atoms with Gasteiger partial charge in [-0.3, -0.25) is 4.90 Å². The number of hydrogen-bond donors (Lipinski definition) is 1. The third kappa shape index (κ3) is 3.31. The van der Waals surface area contributed by atoms with Gasteiger partial charge in [-0.15, -0.1) is 0 Å². The quantitative estimate of drug-likeness (QED) is 0.936. The maximum Gasteiger partial charge on any atom is 0.240 e. The molecule has 0 radical (unpaired) electrons. The van der Waals surface area contributed by atoms with Crippen LogP contribution in [-0.4, -0.2) is 32.7 Å². The van der Waals surface area contributed by atoms with E-state index in [4.69, 9.17) is 4.52 Å². The maximum atomic E-state index is 10.7. The Morgan fingerprint density at radius 3 is 2.86 bits per heavy atom. The first kappa shape index (κ1) is 14.2. The minimum absolute atomic E-state index is 0.105. The predicted octanol–water partition coefficient (Wildman–Crippen LogP) is 2.47. The van der Waals surface area contributed by atoms with Gasteiger partial charge >= 0.3 is 0 Å². The summed E-state index contributed by atoms with van der Waals surface area (Å²) in [7, 11) is 0. The highest BCUT2D eigenvalue weighted by molar-refractivity contribution is 5.19. The monoisotopic (exact) mass is 287 g/mol. The van der Waals surface area contributed by atoms with Crippen molar-refractivity contribution in [1.29, 1.82) is 0 Å². The Labute approximate surface area is 124 Å². The van der Waals surface area contributed by atoms with E-state index in [1.165, 1.54) is 0 Å². The lowest BCUT2D eigenvalue weighted by molar-refractivity contribution is 0.0151. The Morgan fingerprint density at radius 2 is 2.14 bits per heavy atom. The van der Waals surface area contributed by atoms with E-state index in [0.29, 0.717) is 18.3 Å². The molecule has 2 heterocycles.